The molecule has 0 saturated heterocycles. The van der Waals surface area contributed by atoms with Gasteiger partial charge in [0.15, 0.2) is 17.1 Å². The molecule has 2 aromatic heterocycles. The number of nitro groups is 1. The maximum absolute atomic E-state index is 12.3. The molecule has 0 aliphatic rings. The SMILES string of the molecule is O=C(c1ccccc1)c1n[nH]nc1-c1ccc([N+](=O)[O-])o1. The lowest BCUT2D eigenvalue weighted by Gasteiger charge is -1.98. The summed E-state index contributed by atoms with van der Waals surface area (Å²) in [5.74, 6) is -0.667. The zero-order chi connectivity index (χ0) is 14.8. The molecule has 104 valence electrons. The molecule has 0 radical (unpaired) electrons. The predicted molar refractivity (Wildman–Crippen MR) is 70.6 cm³/mol. The number of furan rings is 1. The number of hydrogen-bond acceptors (Lipinski definition) is 6. The second-order valence-electron chi connectivity index (χ2n) is 4.11. The molecule has 8 heteroatoms. The van der Waals surface area contributed by atoms with Gasteiger partial charge in [-0.1, -0.05) is 30.3 Å². The first-order chi connectivity index (χ1) is 10.2. The molecule has 1 N–H and O–H groups in total. The van der Waals surface area contributed by atoms with Crippen LogP contribution in [-0.2, 0) is 0 Å². The molecular formula is C13H8N4O4. The van der Waals surface area contributed by atoms with Crippen LogP contribution in [-0.4, -0.2) is 26.1 Å². The number of nitrogens with one attached hydrogen (secondary N) is 1. The molecule has 21 heavy (non-hydrogen) atoms. The van der Waals surface area contributed by atoms with Crippen LogP contribution in [0.2, 0.25) is 0 Å². The third-order valence-corrected chi connectivity index (χ3v) is 2.80. The quantitative estimate of drug-likeness (QED) is 0.446. The Balaban J connectivity index is 2.01. The van der Waals surface area contributed by atoms with Crippen LogP contribution < -0.4 is 0 Å². The van der Waals surface area contributed by atoms with Gasteiger partial charge in [-0.15, -0.1) is 0 Å². The van der Waals surface area contributed by atoms with E-state index in [9.17, 15) is 14.9 Å². The third-order valence-electron chi connectivity index (χ3n) is 2.80. The average molecular weight is 284 g/mol. The predicted octanol–water partition coefficient (Wildman–Crippen LogP) is 2.20. The largest absolute Gasteiger partial charge is 0.433 e. The van der Waals surface area contributed by atoms with Gasteiger partial charge in [0, 0.05) is 5.56 Å². The van der Waals surface area contributed by atoms with Crippen LogP contribution in [0.5, 0.6) is 0 Å². The summed E-state index contributed by atoms with van der Waals surface area (Å²) in [6.07, 6.45) is 0. The molecule has 0 unspecified atom stereocenters. The van der Waals surface area contributed by atoms with E-state index in [2.05, 4.69) is 15.4 Å². The lowest BCUT2D eigenvalue weighted by molar-refractivity contribution is -0.401. The maximum Gasteiger partial charge on any atom is 0.433 e. The topological polar surface area (TPSA) is 115 Å². The van der Waals surface area contributed by atoms with Crippen LogP contribution >= 0.6 is 0 Å². The van der Waals surface area contributed by atoms with Crippen LogP contribution in [0.3, 0.4) is 0 Å². The Kier molecular flexibility index (Phi) is 3.03. The van der Waals surface area contributed by atoms with Crippen molar-refractivity contribution in [2.24, 2.45) is 0 Å². The fourth-order valence-corrected chi connectivity index (χ4v) is 1.84. The molecule has 0 aliphatic carbocycles. The highest BCUT2D eigenvalue weighted by Crippen LogP contribution is 2.27. The van der Waals surface area contributed by atoms with E-state index in [0.29, 0.717) is 5.56 Å². The van der Waals surface area contributed by atoms with E-state index >= 15 is 0 Å². The van der Waals surface area contributed by atoms with Crippen LogP contribution in [0.1, 0.15) is 16.1 Å². The van der Waals surface area contributed by atoms with Crippen molar-refractivity contribution < 1.29 is 14.1 Å². The number of ketones is 1. The van der Waals surface area contributed by atoms with Crippen molar-refractivity contribution in [3.05, 3.63) is 63.8 Å². The Labute approximate surface area is 117 Å². The second-order valence-corrected chi connectivity index (χ2v) is 4.11. The Hall–Kier alpha value is -3.29. The minimum Gasteiger partial charge on any atom is -0.399 e. The molecule has 0 atom stereocenters. The van der Waals surface area contributed by atoms with Gasteiger partial charge in [-0.25, -0.2) is 0 Å². The van der Waals surface area contributed by atoms with Crippen LogP contribution in [0.25, 0.3) is 11.5 Å². The summed E-state index contributed by atoms with van der Waals surface area (Å²) in [4.78, 5) is 22.3. The second kappa shape index (κ2) is 5.00. The average Bonchev–Trinajstić information content (AvgIpc) is 3.16. The van der Waals surface area contributed by atoms with Gasteiger partial charge < -0.3 is 4.42 Å². The monoisotopic (exact) mass is 284 g/mol. The molecule has 0 bridgehead atoms. The number of nitrogens with zero attached hydrogens (tertiary/aromatic N) is 3. The molecule has 0 amide bonds. The molecule has 0 saturated carbocycles. The summed E-state index contributed by atoms with van der Waals surface area (Å²) in [6.45, 7) is 0. The van der Waals surface area contributed by atoms with Gasteiger partial charge in [0.1, 0.15) is 4.92 Å². The van der Waals surface area contributed by atoms with E-state index in [0.717, 1.165) is 0 Å². The first-order valence-electron chi connectivity index (χ1n) is 5.92. The van der Waals surface area contributed by atoms with Gasteiger partial charge in [0.2, 0.25) is 5.78 Å². The minimum atomic E-state index is -0.664. The molecule has 2 heterocycles. The number of hydrogen-bond donors (Lipinski definition) is 1. The summed E-state index contributed by atoms with van der Waals surface area (Å²) in [5.41, 5.74) is 0.621. The number of carbonyl (C=O) groups excluding carboxylic acids is 1. The van der Waals surface area contributed by atoms with Gasteiger partial charge >= 0.3 is 5.88 Å². The number of aromatic nitrogens is 3. The van der Waals surface area contributed by atoms with Crippen molar-refractivity contribution >= 4 is 11.7 Å². The highest BCUT2D eigenvalue weighted by atomic mass is 16.6. The van der Waals surface area contributed by atoms with E-state index in [-0.39, 0.29) is 22.9 Å². The number of carbonyl (C=O) groups is 1. The van der Waals surface area contributed by atoms with E-state index in [1.165, 1.54) is 12.1 Å². The van der Waals surface area contributed by atoms with Gasteiger partial charge in [-0.05, 0) is 6.07 Å². The lowest BCUT2D eigenvalue weighted by Crippen LogP contribution is -2.03. The highest BCUT2D eigenvalue weighted by Gasteiger charge is 2.23. The Morgan fingerprint density at radius 3 is 2.57 bits per heavy atom. The molecule has 1 aromatic carbocycles. The Morgan fingerprint density at radius 2 is 1.90 bits per heavy atom. The fraction of sp³-hybridized carbons (Fsp3) is 0. The number of rotatable bonds is 4. The number of aromatic amines is 1. The van der Waals surface area contributed by atoms with E-state index in [1.807, 2.05) is 0 Å². The lowest BCUT2D eigenvalue weighted by atomic mass is 10.1. The van der Waals surface area contributed by atoms with Crippen LogP contribution in [0.15, 0.2) is 46.9 Å². The number of benzene rings is 1. The first kappa shape index (κ1) is 12.7. The Morgan fingerprint density at radius 1 is 1.14 bits per heavy atom. The summed E-state index contributed by atoms with van der Waals surface area (Å²) in [5, 5.41) is 20.6. The highest BCUT2D eigenvalue weighted by molar-refractivity contribution is 6.10. The standard InChI is InChI=1S/C13H8N4O4/c18-13(8-4-2-1-3-5-8)12-11(14-16-15-12)9-6-7-10(21-9)17(19)20/h1-7H,(H,14,15,16). The molecule has 3 rings (SSSR count). The van der Waals surface area contributed by atoms with Crippen molar-refractivity contribution in [2.75, 3.05) is 0 Å². The number of H-pyrrole nitrogens is 1. The van der Waals surface area contributed by atoms with Gasteiger partial charge in [-0.2, -0.15) is 15.4 Å². The van der Waals surface area contributed by atoms with Crippen molar-refractivity contribution in [3.63, 3.8) is 0 Å². The van der Waals surface area contributed by atoms with Crippen LogP contribution in [0, 0.1) is 10.1 Å². The summed E-state index contributed by atoms with van der Waals surface area (Å²) in [7, 11) is 0. The van der Waals surface area contributed by atoms with E-state index in [4.69, 9.17) is 4.42 Å². The normalized spacial score (nSPS) is 10.5. The molecular weight excluding hydrogens is 276 g/mol. The van der Waals surface area contributed by atoms with E-state index in [1.54, 1.807) is 30.3 Å². The van der Waals surface area contributed by atoms with Crippen molar-refractivity contribution in [3.8, 4) is 11.5 Å². The summed E-state index contributed by atoms with van der Waals surface area (Å²) < 4.78 is 5.04. The smallest absolute Gasteiger partial charge is 0.399 e. The summed E-state index contributed by atoms with van der Waals surface area (Å²) in [6, 6.07) is 11.1. The maximum atomic E-state index is 12.3. The van der Waals surface area contributed by atoms with Gasteiger partial charge in [0.25, 0.3) is 0 Å². The van der Waals surface area contributed by atoms with Crippen molar-refractivity contribution in [2.45, 2.75) is 0 Å². The third kappa shape index (κ3) is 2.29. The zero-order valence-corrected chi connectivity index (χ0v) is 10.5. The van der Waals surface area contributed by atoms with Crippen molar-refractivity contribution in [1.82, 2.24) is 15.4 Å². The van der Waals surface area contributed by atoms with Crippen LogP contribution in [0.4, 0.5) is 5.88 Å². The zero-order valence-electron chi connectivity index (χ0n) is 10.5. The summed E-state index contributed by atoms with van der Waals surface area (Å²) >= 11 is 0. The van der Waals surface area contributed by atoms with E-state index < -0.39 is 10.8 Å². The minimum absolute atomic E-state index is 0.0467. The van der Waals surface area contributed by atoms with Gasteiger partial charge in [0.05, 0.1) is 6.07 Å². The molecule has 8 nitrogen and oxygen atoms in total. The Bertz CT molecular complexity index is 806. The van der Waals surface area contributed by atoms with Crippen molar-refractivity contribution in [1.29, 1.82) is 0 Å². The molecule has 0 spiro atoms. The molecule has 0 fully saturated rings. The van der Waals surface area contributed by atoms with Gasteiger partial charge in [-0.3, -0.25) is 14.9 Å². The first-order valence-corrected chi connectivity index (χ1v) is 5.92. The molecule has 0 aliphatic heterocycles. The molecule has 3 aromatic rings. The fourth-order valence-electron chi connectivity index (χ4n) is 1.84.